The summed E-state index contributed by atoms with van der Waals surface area (Å²) in [6.07, 6.45) is 0.537. The summed E-state index contributed by atoms with van der Waals surface area (Å²) in [6, 6.07) is 14.4. The maximum atomic E-state index is 13.0. The Kier molecular flexibility index (Phi) is 5.27. The molecule has 0 aliphatic carbocycles. The molecule has 1 aromatic heterocycles. The fourth-order valence-corrected chi connectivity index (χ4v) is 3.68. The van der Waals surface area contributed by atoms with Crippen molar-refractivity contribution in [3.05, 3.63) is 76.6 Å². The highest BCUT2D eigenvalue weighted by atomic mass is 16.5. The highest BCUT2D eigenvalue weighted by molar-refractivity contribution is 5.97. The van der Waals surface area contributed by atoms with Crippen molar-refractivity contribution < 1.29 is 19.4 Å². The van der Waals surface area contributed by atoms with Crippen molar-refractivity contribution in [3.63, 3.8) is 0 Å². The van der Waals surface area contributed by atoms with E-state index in [1.807, 2.05) is 31.2 Å². The van der Waals surface area contributed by atoms with E-state index in [0.717, 1.165) is 16.9 Å². The number of carbonyl (C=O) groups is 2. The summed E-state index contributed by atoms with van der Waals surface area (Å²) < 4.78 is 6.97. The zero-order chi connectivity index (χ0) is 21.3. The molecule has 0 unspecified atom stereocenters. The van der Waals surface area contributed by atoms with Gasteiger partial charge in [-0.2, -0.15) is 5.10 Å². The second kappa shape index (κ2) is 8.02. The molecule has 0 saturated heterocycles. The van der Waals surface area contributed by atoms with E-state index in [2.05, 4.69) is 5.10 Å². The maximum absolute atomic E-state index is 13.0. The molecular weight excluding hydrogens is 382 g/mol. The molecule has 2 heterocycles. The van der Waals surface area contributed by atoms with E-state index in [-0.39, 0.29) is 36.1 Å². The van der Waals surface area contributed by atoms with E-state index < -0.39 is 5.97 Å². The first-order valence-corrected chi connectivity index (χ1v) is 9.91. The number of hydrogen-bond acceptors (Lipinski definition) is 5. The minimum absolute atomic E-state index is 0.0609. The van der Waals surface area contributed by atoms with E-state index in [1.165, 1.54) is 6.07 Å². The standard InChI is InChI=1S/C23H23N3O4/c1-3-30-23(29)21-18-14-25(22(28)17-6-4-5-7-20(17)27)13-12-19(18)26(24-21)16-10-8-15(2)9-11-16/h4-11,27H,3,12-14H2,1-2H3. The number of nitrogens with zero attached hydrogens (tertiary/aromatic N) is 3. The van der Waals surface area contributed by atoms with Gasteiger partial charge in [0.1, 0.15) is 5.75 Å². The van der Waals surface area contributed by atoms with Gasteiger partial charge in [0, 0.05) is 18.5 Å². The van der Waals surface area contributed by atoms with Crippen LogP contribution in [0, 0.1) is 6.92 Å². The number of phenols is 1. The topological polar surface area (TPSA) is 84.7 Å². The number of amides is 1. The Hall–Kier alpha value is -3.61. The number of fused-ring (bicyclic) bond motifs is 1. The van der Waals surface area contributed by atoms with E-state index in [9.17, 15) is 14.7 Å². The highest BCUT2D eigenvalue weighted by Crippen LogP contribution is 2.28. The van der Waals surface area contributed by atoms with Crippen LogP contribution in [0.3, 0.4) is 0 Å². The Balaban J connectivity index is 1.73. The van der Waals surface area contributed by atoms with Gasteiger partial charge in [0.15, 0.2) is 5.69 Å². The van der Waals surface area contributed by atoms with Crippen molar-refractivity contribution >= 4 is 11.9 Å². The summed E-state index contributed by atoms with van der Waals surface area (Å²) in [6.45, 7) is 4.68. The zero-order valence-corrected chi connectivity index (χ0v) is 17.0. The third-order valence-electron chi connectivity index (χ3n) is 5.23. The SMILES string of the molecule is CCOC(=O)c1nn(-c2ccc(C)cc2)c2c1CN(C(=O)c1ccccc1O)CC2. The molecule has 0 saturated carbocycles. The van der Waals surface area contributed by atoms with Gasteiger partial charge in [-0.25, -0.2) is 9.48 Å². The van der Waals surface area contributed by atoms with Gasteiger partial charge in [-0.05, 0) is 38.1 Å². The monoisotopic (exact) mass is 405 g/mol. The number of aromatic hydroxyl groups is 1. The predicted octanol–water partition coefficient (Wildman–Crippen LogP) is 3.26. The van der Waals surface area contributed by atoms with Gasteiger partial charge in [-0.1, -0.05) is 29.8 Å². The Labute approximate surface area is 174 Å². The van der Waals surface area contributed by atoms with Gasteiger partial charge in [0.2, 0.25) is 0 Å². The van der Waals surface area contributed by atoms with Crippen molar-refractivity contribution in [1.29, 1.82) is 0 Å². The van der Waals surface area contributed by atoms with Gasteiger partial charge in [-0.15, -0.1) is 0 Å². The number of esters is 1. The summed E-state index contributed by atoms with van der Waals surface area (Å²) in [5.41, 5.74) is 4.02. The molecule has 0 bridgehead atoms. The number of carbonyl (C=O) groups excluding carboxylic acids is 2. The molecular formula is C23H23N3O4. The van der Waals surface area contributed by atoms with E-state index >= 15 is 0 Å². The smallest absolute Gasteiger partial charge is 0.359 e. The molecule has 0 spiro atoms. The van der Waals surface area contributed by atoms with E-state index in [1.54, 1.807) is 34.7 Å². The molecule has 7 heteroatoms. The molecule has 30 heavy (non-hydrogen) atoms. The van der Waals surface area contributed by atoms with Crippen LogP contribution in [0.15, 0.2) is 48.5 Å². The molecule has 1 amide bonds. The fraction of sp³-hybridized carbons (Fsp3) is 0.261. The molecule has 1 aliphatic rings. The number of hydrogen-bond donors (Lipinski definition) is 1. The molecule has 7 nitrogen and oxygen atoms in total. The minimum atomic E-state index is -0.503. The summed E-state index contributed by atoms with van der Waals surface area (Å²) in [5, 5.41) is 14.6. The average Bonchev–Trinajstić information content (AvgIpc) is 3.13. The Bertz CT molecular complexity index is 1100. The van der Waals surface area contributed by atoms with Crippen LogP contribution >= 0.6 is 0 Å². The number of rotatable bonds is 4. The summed E-state index contributed by atoms with van der Waals surface area (Å²) in [7, 11) is 0. The largest absolute Gasteiger partial charge is 0.507 e. The van der Waals surface area contributed by atoms with Crippen LogP contribution in [0.5, 0.6) is 5.75 Å². The number of aromatic nitrogens is 2. The van der Waals surface area contributed by atoms with Gasteiger partial charge >= 0.3 is 5.97 Å². The Morgan fingerprint density at radius 1 is 1.13 bits per heavy atom. The third-order valence-corrected chi connectivity index (χ3v) is 5.23. The number of aryl methyl sites for hydroxylation is 1. The van der Waals surface area contributed by atoms with Crippen LogP contribution in [0.1, 0.15) is 44.6 Å². The zero-order valence-electron chi connectivity index (χ0n) is 17.0. The van der Waals surface area contributed by atoms with Gasteiger partial charge < -0.3 is 14.7 Å². The summed E-state index contributed by atoms with van der Waals surface area (Å²) >= 11 is 0. The summed E-state index contributed by atoms with van der Waals surface area (Å²) in [5.74, 6) is -0.845. The maximum Gasteiger partial charge on any atom is 0.359 e. The number of ether oxygens (including phenoxy) is 1. The Morgan fingerprint density at radius 3 is 2.57 bits per heavy atom. The second-order valence-corrected chi connectivity index (χ2v) is 7.24. The molecule has 0 atom stereocenters. The second-order valence-electron chi connectivity index (χ2n) is 7.24. The summed E-state index contributed by atoms with van der Waals surface area (Å²) in [4.78, 5) is 27.2. The highest BCUT2D eigenvalue weighted by Gasteiger charge is 2.32. The average molecular weight is 405 g/mol. The number of phenolic OH excluding ortho intramolecular Hbond substituents is 1. The first-order chi connectivity index (χ1) is 14.5. The first kappa shape index (κ1) is 19.7. The van der Waals surface area contributed by atoms with Crippen LogP contribution in [0.2, 0.25) is 0 Å². The van der Waals surface area contributed by atoms with E-state index in [0.29, 0.717) is 18.5 Å². The van der Waals surface area contributed by atoms with Crippen molar-refractivity contribution in [2.24, 2.45) is 0 Å². The van der Waals surface area contributed by atoms with Gasteiger partial charge in [0.25, 0.3) is 5.91 Å². The molecule has 3 aromatic rings. The molecule has 154 valence electrons. The fourth-order valence-electron chi connectivity index (χ4n) is 3.68. The lowest BCUT2D eigenvalue weighted by atomic mass is 10.0. The first-order valence-electron chi connectivity index (χ1n) is 9.91. The van der Waals surface area contributed by atoms with E-state index in [4.69, 9.17) is 4.74 Å². The third kappa shape index (κ3) is 3.54. The van der Waals surface area contributed by atoms with Crippen LogP contribution < -0.4 is 0 Å². The number of benzene rings is 2. The quantitative estimate of drug-likeness (QED) is 0.674. The van der Waals surface area contributed by atoms with Crippen molar-refractivity contribution in [3.8, 4) is 11.4 Å². The van der Waals surface area contributed by atoms with Crippen molar-refractivity contribution in [2.75, 3.05) is 13.2 Å². The predicted molar refractivity (Wildman–Crippen MR) is 111 cm³/mol. The lowest BCUT2D eigenvalue weighted by molar-refractivity contribution is 0.0513. The molecule has 0 fully saturated rings. The molecule has 0 radical (unpaired) electrons. The molecule has 1 aliphatic heterocycles. The lowest BCUT2D eigenvalue weighted by Crippen LogP contribution is -2.36. The van der Waals surface area contributed by atoms with Gasteiger partial charge in [-0.3, -0.25) is 4.79 Å². The van der Waals surface area contributed by atoms with Crippen LogP contribution in [-0.2, 0) is 17.7 Å². The molecule has 1 N–H and O–H groups in total. The van der Waals surface area contributed by atoms with Gasteiger partial charge in [0.05, 0.1) is 30.1 Å². The lowest BCUT2D eigenvalue weighted by Gasteiger charge is -2.28. The van der Waals surface area contributed by atoms with Crippen LogP contribution in [0.4, 0.5) is 0 Å². The normalized spacial score (nSPS) is 13.1. The molecule has 2 aromatic carbocycles. The minimum Gasteiger partial charge on any atom is -0.507 e. The Morgan fingerprint density at radius 2 is 1.87 bits per heavy atom. The number of para-hydroxylation sites is 1. The van der Waals surface area contributed by atoms with Crippen molar-refractivity contribution in [2.45, 2.75) is 26.8 Å². The van der Waals surface area contributed by atoms with Crippen molar-refractivity contribution in [1.82, 2.24) is 14.7 Å². The van der Waals surface area contributed by atoms with Crippen LogP contribution in [0.25, 0.3) is 5.69 Å². The van der Waals surface area contributed by atoms with Crippen LogP contribution in [-0.4, -0.2) is 44.8 Å². The molecule has 4 rings (SSSR count).